The highest BCUT2D eigenvalue weighted by Gasteiger charge is 2.20. The number of rotatable bonds is 5. The van der Waals surface area contributed by atoms with Crippen LogP contribution in [0.15, 0.2) is 48.5 Å². The summed E-state index contributed by atoms with van der Waals surface area (Å²) < 4.78 is 5.52. The first-order valence-corrected chi connectivity index (χ1v) is 6.63. The van der Waals surface area contributed by atoms with Gasteiger partial charge in [-0.15, -0.1) is 0 Å². The maximum Gasteiger partial charge on any atom is 0.345 e. The van der Waals surface area contributed by atoms with Crippen LogP contribution in [0.25, 0.3) is 0 Å². The van der Waals surface area contributed by atoms with Crippen LogP contribution in [0.5, 0.6) is 5.75 Å². The summed E-state index contributed by atoms with van der Waals surface area (Å²) in [5.41, 5.74) is 2.02. The molecule has 0 radical (unpaired) electrons. The Bertz CT molecular complexity index is 563. The van der Waals surface area contributed by atoms with Crippen molar-refractivity contribution < 1.29 is 14.6 Å². The Morgan fingerprint density at radius 1 is 1.25 bits per heavy atom. The molecule has 1 N–H and O–H groups in total. The van der Waals surface area contributed by atoms with Gasteiger partial charge in [0.15, 0.2) is 6.10 Å². The van der Waals surface area contributed by atoms with Gasteiger partial charge in [-0.2, -0.15) is 0 Å². The highest BCUT2D eigenvalue weighted by atomic mass is 35.5. The number of aliphatic carboxylic acids is 1. The molecule has 0 spiro atoms. The molecule has 0 bridgehead atoms. The molecule has 0 aliphatic rings. The third-order valence-electron chi connectivity index (χ3n) is 2.85. The summed E-state index contributed by atoms with van der Waals surface area (Å²) in [6, 6.07) is 14.5. The maximum atomic E-state index is 11.3. The highest BCUT2D eigenvalue weighted by Crippen LogP contribution is 2.20. The topological polar surface area (TPSA) is 46.5 Å². The first kappa shape index (κ1) is 14.4. The quantitative estimate of drug-likeness (QED) is 0.913. The van der Waals surface area contributed by atoms with Crippen molar-refractivity contribution in [2.24, 2.45) is 0 Å². The lowest BCUT2D eigenvalue weighted by atomic mass is 10.1. The average Bonchev–Trinajstić information content (AvgIpc) is 2.38. The molecule has 0 amide bonds. The summed E-state index contributed by atoms with van der Waals surface area (Å²) in [7, 11) is 0. The lowest BCUT2D eigenvalue weighted by Gasteiger charge is -2.15. The van der Waals surface area contributed by atoms with Crippen molar-refractivity contribution in [1.29, 1.82) is 0 Å². The van der Waals surface area contributed by atoms with Crippen molar-refractivity contribution in [3.05, 3.63) is 64.7 Å². The van der Waals surface area contributed by atoms with E-state index in [0.717, 1.165) is 11.1 Å². The molecule has 4 heteroatoms. The summed E-state index contributed by atoms with van der Waals surface area (Å²) in [6.07, 6.45) is -0.626. The predicted octanol–water partition coefficient (Wildman–Crippen LogP) is 3.72. The zero-order valence-corrected chi connectivity index (χ0v) is 11.8. The molecule has 1 unspecified atom stereocenters. The minimum Gasteiger partial charge on any atom is -0.478 e. The normalized spacial score (nSPS) is 11.9. The Morgan fingerprint density at radius 3 is 2.65 bits per heavy atom. The largest absolute Gasteiger partial charge is 0.478 e. The average molecular weight is 291 g/mol. The molecular formula is C16H15ClO3. The SMILES string of the molecule is Cc1cccc(CC(Oc2cccc(Cl)c2)C(=O)O)c1. The second-order valence-corrected chi connectivity index (χ2v) is 5.03. The van der Waals surface area contributed by atoms with Crippen LogP contribution in [0.2, 0.25) is 5.02 Å². The molecule has 104 valence electrons. The van der Waals surface area contributed by atoms with Crippen molar-refractivity contribution in [2.45, 2.75) is 19.4 Å². The number of hydrogen-bond acceptors (Lipinski definition) is 2. The van der Waals surface area contributed by atoms with E-state index in [1.54, 1.807) is 24.3 Å². The van der Waals surface area contributed by atoms with E-state index in [9.17, 15) is 9.90 Å². The molecular weight excluding hydrogens is 276 g/mol. The lowest BCUT2D eigenvalue weighted by molar-refractivity contribution is -0.145. The van der Waals surface area contributed by atoms with Crippen LogP contribution in [0.4, 0.5) is 0 Å². The van der Waals surface area contributed by atoms with Gasteiger partial charge in [0.1, 0.15) is 5.75 Å². The van der Waals surface area contributed by atoms with Gasteiger partial charge in [0.25, 0.3) is 0 Å². The van der Waals surface area contributed by atoms with Crippen LogP contribution in [-0.4, -0.2) is 17.2 Å². The number of hydrogen-bond donors (Lipinski definition) is 1. The van der Waals surface area contributed by atoms with Gasteiger partial charge in [-0.3, -0.25) is 0 Å². The molecule has 0 aliphatic carbocycles. The Morgan fingerprint density at radius 2 is 2.00 bits per heavy atom. The Hall–Kier alpha value is -2.00. The van der Waals surface area contributed by atoms with Gasteiger partial charge in [0.05, 0.1) is 0 Å². The Balaban J connectivity index is 2.13. The zero-order valence-electron chi connectivity index (χ0n) is 11.0. The smallest absolute Gasteiger partial charge is 0.345 e. The van der Waals surface area contributed by atoms with Gasteiger partial charge in [0, 0.05) is 11.4 Å². The second kappa shape index (κ2) is 6.44. The van der Waals surface area contributed by atoms with E-state index in [2.05, 4.69) is 0 Å². The third-order valence-corrected chi connectivity index (χ3v) is 3.09. The predicted molar refractivity (Wildman–Crippen MR) is 78.4 cm³/mol. The number of ether oxygens (including phenoxy) is 1. The molecule has 2 aromatic rings. The van der Waals surface area contributed by atoms with Crippen molar-refractivity contribution in [3.8, 4) is 5.75 Å². The van der Waals surface area contributed by atoms with Crippen molar-refractivity contribution >= 4 is 17.6 Å². The van der Waals surface area contributed by atoms with Crippen LogP contribution >= 0.6 is 11.6 Å². The maximum absolute atomic E-state index is 11.3. The van der Waals surface area contributed by atoms with Gasteiger partial charge >= 0.3 is 5.97 Å². The summed E-state index contributed by atoms with van der Waals surface area (Å²) in [4.78, 5) is 11.3. The molecule has 1 atom stereocenters. The molecule has 2 aromatic carbocycles. The van der Waals surface area contributed by atoms with Gasteiger partial charge in [-0.25, -0.2) is 4.79 Å². The van der Waals surface area contributed by atoms with Crippen LogP contribution < -0.4 is 4.74 Å². The fourth-order valence-electron chi connectivity index (χ4n) is 1.94. The van der Waals surface area contributed by atoms with Crippen LogP contribution in [0, 0.1) is 6.92 Å². The summed E-state index contributed by atoms with van der Waals surface area (Å²) >= 11 is 5.86. The molecule has 0 saturated carbocycles. The molecule has 3 nitrogen and oxygen atoms in total. The zero-order chi connectivity index (χ0) is 14.5. The third kappa shape index (κ3) is 4.00. The monoisotopic (exact) mass is 290 g/mol. The number of carboxylic acid groups (broad SMARTS) is 1. The van der Waals surface area contributed by atoms with Crippen LogP contribution in [0.1, 0.15) is 11.1 Å². The Labute approximate surface area is 122 Å². The fraction of sp³-hybridized carbons (Fsp3) is 0.188. The number of carboxylic acids is 1. The first-order chi connectivity index (χ1) is 9.54. The molecule has 0 saturated heterocycles. The fourth-order valence-corrected chi connectivity index (χ4v) is 2.12. The van der Waals surface area contributed by atoms with Gasteiger partial charge < -0.3 is 9.84 Å². The van der Waals surface area contributed by atoms with E-state index >= 15 is 0 Å². The standard InChI is InChI=1S/C16H15ClO3/c1-11-4-2-5-12(8-11)9-15(16(18)19)20-14-7-3-6-13(17)10-14/h2-8,10,15H,9H2,1H3,(H,18,19). The summed E-state index contributed by atoms with van der Waals surface area (Å²) in [6.45, 7) is 1.97. The van der Waals surface area contributed by atoms with E-state index in [4.69, 9.17) is 16.3 Å². The molecule has 0 aromatic heterocycles. The first-order valence-electron chi connectivity index (χ1n) is 6.25. The van der Waals surface area contributed by atoms with E-state index in [1.165, 1.54) is 0 Å². The Kier molecular flexibility index (Phi) is 4.64. The van der Waals surface area contributed by atoms with E-state index in [-0.39, 0.29) is 0 Å². The van der Waals surface area contributed by atoms with E-state index < -0.39 is 12.1 Å². The number of halogens is 1. The summed E-state index contributed by atoms with van der Waals surface area (Å²) in [5, 5.41) is 9.79. The molecule has 0 aliphatic heterocycles. The van der Waals surface area contributed by atoms with Gasteiger partial charge in [-0.1, -0.05) is 47.5 Å². The number of aryl methyl sites for hydroxylation is 1. The minimum atomic E-state index is -0.994. The highest BCUT2D eigenvalue weighted by molar-refractivity contribution is 6.30. The van der Waals surface area contributed by atoms with E-state index in [1.807, 2.05) is 31.2 Å². The van der Waals surface area contributed by atoms with Crippen LogP contribution in [-0.2, 0) is 11.2 Å². The van der Waals surface area contributed by atoms with Crippen molar-refractivity contribution in [3.63, 3.8) is 0 Å². The number of carbonyl (C=O) groups is 1. The molecule has 2 rings (SSSR count). The van der Waals surface area contributed by atoms with Crippen molar-refractivity contribution in [1.82, 2.24) is 0 Å². The molecule has 20 heavy (non-hydrogen) atoms. The summed E-state index contributed by atoms with van der Waals surface area (Å²) in [5.74, 6) is -0.538. The molecule has 0 heterocycles. The van der Waals surface area contributed by atoms with Crippen LogP contribution in [0.3, 0.4) is 0 Å². The molecule has 0 fully saturated rings. The van der Waals surface area contributed by atoms with Gasteiger partial charge in [0.2, 0.25) is 0 Å². The van der Waals surface area contributed by atoms with Crippen molar-refractivity contribution in [2.75, 3.05) is 0 Å². The second-order valence-electron chi connectivity index (χ2n) is 4.60. The lowest BCUT2D eigenvalue weighted by Crippen LogP contribution is -2.29. The van der Waals surface area contributed by atoms with E-state index in [0.29, 0.717) is 17.2 Å². The van der Waals surface area contributed by atoms with Gasteiger partial charge in [-0.05, 0) is 30.7 Å². The minimum absolute atomic E-state index is 0.309. The number of benzene rings is 2.